The van der Waals surface area contributed by atoms with E-state index in [0.717, 1.165) is 23.4 Å². The van der Waals surface area contributed by atoms with Gasteiger partial charge in [-0.2, -0.15) is 4.98 Å². The van der Waals surface area contributed by atoms with Gasteiger partial charge in [-0.1, -0.05) is 41.4 Å². The number of nitrogens with one attached hydrogen (secondary N) is 3. The van der Waals surface area contributed by atoms with Crippen LogP contribution in [0.3, 0.4) is 0 Å². The predicted octanol–water partition coefficient (Wildman–Crippen LogP) is 0.461. The normalized spacial score (nSPS) is 25.4. The van der Waals surface area contributed by atoms with Crippen molar-refractivity contribution in [2.24, 2.45) is 5.10 Å². The van der Waals surface area contributed by atoms with Crippen LogP contribution >= 0.6 is 11.6 Å². The summed E-state index contributed by atoms with van der Waals surface area (Å²) in [5.74, 6) is 0.759. The molecule has 6 rings (SSSR count). The number of aromatic amines is 1. The highest BCUT2D eigenvalue weighted by molar-refractivity contribution is 6.33. The van der Waals surface area contributed by atoms with Crippen molar-refractivity contribution in [3.05, 3.63) is 40.9 Å². The van der Waals surface area contributed by atoms with Gasteiger partial charge in [-0.05, 0) is 17.6 Å². The van der Waals surface area contributed by atoms with Gasteiger partial charge in [-0.25, -0.2) is 4.98 Å². The maximum absolute atomic E-state index is 6.52. The van der Waals surface area contributed by atoms with E-state index in [1.165, 1.54) is 0 Å². The van der Waals surface area contributed by atoms with Crippen LogP contribution in [0.1, 0.15) is 12.0 Å². The fourth-order valence-electron chi connectivity index (χ4n) is 3.99. The van der Waals surface area contributed by atoms with Crippen molar-refractivity contribution in [1.29, 1.82) is 0 Å². The minimum atomic E-state index is -0.181. The van der Waals surface area contributed by atoms with E-state index < -0.39 is 0 Å². The van der Waals surface area contributed by atoms with Crippen molar-refractivity contribution in [3.63, 3.8) is 0 Å². The zero-order valence-electron chi connectivity index (χ0n) is 15.8. The van der Waals surface area contributed by atoms with Gasteiger partial charge in [-0.15, -0.1) is 5.53 Å². The molecule has 0 aliphatic carbocycles. The number of imidazole rings is 1. The van der Waals surface area contributed by atoms with Crippen molar-refractivity contribution in [2.45, 2.75) is 24.7 Å². The lowest BCUT2D eigenvalue weighted by atomic mass is 10.1. The van der Waals surface area contributed by atoms with Crippen LogP contribution in [0.4, 0.5) is 0 Å². The smallest absolute Gasteiger partial charge is 0.296 e. The van der Waals surface area contributed by atoms with Gasteiger partial charge < -0.3 is 19.2 Å². The Labute approximate surface area is 175 Å². The second kappa shape index (κ2) is 7.18. The van der Waals surface area contributed by atoms with E-state index in [2.05, 4.69) is 31.0 Å². The van der Waals surface area contributed by atoms with E-state index in [0.29, 0.717) is 41.1 Å². The fourth-order valence-corrected chi connectivity index (χ4v) is 4.25. The summed E-state index contributed by atoms with van der Waals surface area (Å²) < 4.78 is 17.5. The lowest BCUT2D eigenvalue weighted by Crippen LogP contribution is -2.87. The third-order valence-corrected chi connectivity index (χ3v) is 5.76. The summed E-state index contributed by atoms with van der Waals surface area (Å²) in [6.07, 6.45) is 0.790. The molecule has 3 aliphatic heterocycles. The number of hydrazine groups is 1. The zero-order chi connectivity index (χ0) is 20.1. The van der Waals surface area contributed by atoms with Gasteiger partial charge in [0.1, 0.15) is 6.10 Å². The monoisotopic (exact) mass is 428 g/mol. The summed E-state index contributed by atoms with van der Waals surface area (Å²) in [5, 5.41) is 4.74. The van der Waals surface area contributed by atoms with E-state index in [9.17, 15) is 0 Å². The number of ether oxygens (including phenoxy) is 3. The molecule has 154 valence electrons. The number of H-pyrrole nitrogens is 1. The van der Waals surface area contributed by atoms with Crippen molar-refractivity contribution in [3.8, 4) is 17.3 Å². The molecule has 0 radical (unpaired) electrons. The Bertz CT molecular complexity index is 1130. The summed E-state index contributed by atoms with van der Waals surface area (Å²) in [5.41, 5.74) is 11.2. The van der Waals surface area contributed by atoms with Crippen LogP contribution in [-0.2, 0) is 9.47 Å². The highest BCUT2D eigenvalue weighted by Crippen LogP contribution is 2.32. The van der Waals surface area contributed by atoms with E-state index in [4.69, 9.17) is 25.8 Å². The van der Waals surface area contributed by atoms with E-state index in [1.54, 1.807) is 5.53 Å². The quantitative estimate of drug-likeness (QED) is 0.445. The molecule has 0 saturated carbocycles. The van der Waals surface area contributed by atoms with E-state index >= 15 is 0 Å². The van der Waals surface area contributed by atoms with Crippen LogP contribution in [0.2, 0.25) is 5.02 Å². The number of hydrogen-bond donors (Lipinski definition) is 4. The number of halogens is 1. The average Bonchev–Trinajstić information content (AvgIpc) is 3.54. The average molecular weight is 429 g/mol. The molecule has 0 amide bonds. The Morgan fingerprint density at radius 1 is 1.13 bits per heavy atom. The number of quaternary nitrogens is 1. The number of amidine groups is 1. The van der Waals surface area contributed by atoms with Crippen LogP contribution in [0, 0.1) is 0 Å². The van der Waals surface area contributed by atoms with Crippen molar-refractivity contribution >= 4 is 28.6 Å². The first-order valence-corrected chi connectivity index (χ1v) is 10.1. The number of nitrogens with zero attached hydrogens (tertiary/aromatic N) is 3. The maximum Gasteiger partial charge on any atom is 0.296 e. The highest BCUT2D eigenvalue weighted by atomic mass is 35.5. The first-order chi connectivity index (χ1) is 14.7. The number of rotatable bonds is 4. The Hall–Kier alpha value is -2.76. The Morgan fingerprint density at radius 2 is 2.00 bits per heavy atom. The molecule has 5 N–H and O–H groups in total. The molecular weight excluding hydrogens is 410 g/mol. The molecule has 30 heavy (non-hydrogen) atoms. The SMILES string of the molecule is Clc1cc2[nH]c(OC3COC4CCOC43)nc2nc1-c1ccc(C2=N[NH2+]NN2)cc1. The van der Waals surface area contributed by atoms with E-state index in [1.807, 2.05) is 30.3 Å². The molecule has 3 aliphatic rings. The van der Waals surface area contributed by atoms with Crippen LogP contribution in [0.15, 0.2) is 35.4 Å². The summed E-state index contributed by atoms with van der Waals surface area (Å²) in [7, 11) is 0. The number of fused-ring (bicyclic) bond motifs is 2. The van der Waals surface area contributed by atoms with Crippen LogP contribution in [0.5, 0.6) is 6.01 Å². The Morgan fingerprint density at radius 3 is 2.83 bits per heavy atom. The number of benzene rings is 1. The second-order valence-electron chi connectivity index (χ2n) is 7.34. The number of pyridine rings is 1. The number of hydrogen-bond acceptors (Lipinski definition) is 8. The van der Waals surface area contributed by atoms with Crippen molar-refractivity contribution in [1.82, 2.24) is 25.9 Å². The molecule has 3 aromatic rings. The predicted molar refractivity (Wildman–Crippen MR) is 108 cm³/mol. The van der Waals surface area contributed by atoms with Gasteiger partial charge in [0.15, 0.2) is 11.8 Å². The van der Waals surface area contributed by atoms with Crippen molar-refractivity contribution in [2.75, 3.05) is 13.2 Å². The van der Waals surface area contributed by atoms with Crippen LogP contribution in [0.25, 0.3) is 22.4 Å². The molecule has 11 heteroatoms. The number of nitrogens with two attached hydrogens (primary N) is 1. The molecule has 0 bridgehead atoms. The molecular formula is C19H19ClN7O3+. The minimum absolute atomic E-state index is 0.0457. The first-order valence-electron chi connectivity index (χ1n) is 9.72. The van der Waals surface area contributed by atoms with Crippen molar-refractivity contribution < 1.29 is 19.7 Å². The number of aromatic nitrogens is 3. The van der Waals surface area contributed by atoms with Crippen LogP contribution < -0.4 is 21.2 Å². The fraction of sp³-hybridized carbons (Fsp3) is 0.316. The molecule has 10 nitrogen and oxygen atoms in total. The summed E-state index contributed by atoms with van der Waals surface area (Å²) in [4.78, 5) is 12.3. The second-order valence-corrected chi connectivity index (χ2v) is 7.74. The molecule has 2 fully saturated rings. The molecule has 3 atom stereocenters. The van der Waals surface area contributed by atoms with Gasteiger partial charge >= 0.3 is 0 Å². The first kappa shape index (κ1) is 18.0. The Balaban J connectivity index is 1.27. The van der Waals surface area contributed by atoms with E-state index in [-0.39, 0.29) is 18.3 Å². The summed E-state index contributed by atoms with van der Waals surface area (Å²) in [6, 6.07) is 10.0. The molecule has 5 heterocycles. The van der Waals surface area contributed by atoms with Gasteiger partial charge in [0.05, 0.1) is 28.9 Å². The largest absolute Gasteiger partial charge is 0.456 e. The van der Waals surface area contributed by atoms with Gasteiger partial charge in [0, 0.05) is 17.7 Å². The molecule has 2 saturated heterocycles. The topological polar surface area (TPSA) is 122 Å². The maximum atomic E-state index is 6.52. The molecule has 0 spiro atoms. The lowest BCUT2D eigenvalue weighted by Gasteiger charge is -2.15. The van der Waals surface area contributed by atoms with Gasteiger partial charge in [0.25, 0.3) is 6.01 Å². The highest BCUT2D eigenvalue weighted by Gasteiger charge is 2.43. The Kier molecular flexibility index (Phi) is 4.32. The molecule has 1 aromatic carbocycles. The summed E-state index contributed by atoms with van der Waals surface area (Å²) >= 11 is 6.52. The minimum Gasteiger partial charge on any atom is -0.456 e. The third-order valence-electron chi connectivity index (χ3n) is 5.47. The van der Waals surface area contributed by atoms with Crippen LogP contribution in [-0.4, -0.2) is 52.3 Å². The van der Waals surface area contributed by atoms with Gasteiger partial charge in [-0.3, -0.25) is 5.43 Å². The lowest BCUT2D eigenvalue weighted by molar-refractivity contribution is -0.713. The van der Waals surface area contributed by atoms with Gasteiger partial charge in [0.2, 0.25) is 5.84 Å². The third kappa shape index (κ3) is 3.09. The zero-order valence-corrected chi connectivity index (χ0v) is 16.5. The molecule has 3 unspecified atom stereocenters. The standard InChI is InChI=1S/C19H18ClN7O3/c20-11-7-12-18(23-19(21-12)30-14-8-29-13-5-6-28-16(13)14)22-15(11)9-1-3-10(4-2-9)17-24-26-27-25-17/h1-4,7,13-14,16,26-27H,5-6,8H2,(H,24,25)(H,21,22,23)/p+1. The summed E-state index contributed by atoms with van der Waals surface area (Å²) in [6.45, 7) is 1.19. The molecule has 2 aromatic heterocycles.